The van der Waals surface area contributed by atoms with Crippen molar-refractivity contribution in [2.75, 3.05) is 0 Å². The number of hydrogen-bond donors (Lipinski definition) is 1. The fourth-order valence-electron chi connectivity index (χ4n) is 2.63. The van der Waals surface area contributed by atoms with Gasteiger partial charge in [0.05, 0.1) is 6.04 Å². The topological polar surface area (TPSA) is 38.3 Å². The molecule has 2 aromatic rings. The van der Waals surface area contributed by atoms with E-state index in [1.165, 1.54) is 12.1 Å². The number of carbonyl (C=O) groups is 1. The summed E-state index contributed by atoms with van der Waals surface area (Å²) in [6, 6.07) is 11.8. The third-order valence-electron chi connectivity index (χ3n) is 3.87. The molecule has 0 aliphatic carbocycles. The van der Waals surface area contributed by atoms with Crippen LogP contribution in [-0.4, -0.2) is 12.0 Å². The molecule has 0 fully saturated rings. The van der Waals surface area contributed by atoms with Gasteiger partial charge in [-0.2, -0.15) is 0 Å². The molecule has 3 nitrogen and oxygen atoms in total. The van der Waals surface area contributed by atoms with Gasteiger partial charge in [-0.25, -0.2) is 4.39 Å². The maximum absolute atomic E-state index is 13.0. The van der Waals surface area contributed by atoms with Crippen LogP contribution in [0.1, 0.15) is 43.0 Å². The molecule has 0 aromatic heterocycles. The van der Waals surface area contributed by atoms with Crippen molar-refractivity contribution < 1.29 is 13.9 Å². The van der Waals surface area contributed by atoms with Crippen LogP contribution in [0.4, 0.5) is 4.39 Å². The zero-order valence-electron chi connectivity index (χ0n) is 14.6. The van der Waals surface area contributed by atoms with Crippen LogP contribution < -0.4 is 10.1 Å². The summed E-state index contributed by atoms with van der Waals surface area (Å²) in [5.74, 6) is 0.235. The van der Waals surface area contributed by atoms with E-state index in [1.54, 1.807) is 12.1 Å². The van der Waals surface area contributed by atoms with Gasteiger partial charge >= 0.3 is 0 Å². The van der Waals surface area contributed by atoms with E-state index in [9.17, 15) is 9.18 Å². The lowest BCUT2D eigenvalue weighted by atomic mass is 10.1. The molecule has 0 heterocycles. The molecule has 2 rings (SSSR count). The zero-order chi connectivity index (χ0) is 17.7. The molecule has 0 aliphatic rings. The number of carbonyl (C=O) groups excluding carboxylic acids is 1. The molecule has 2 atom stereocenters. The number of rotatable bonds is 6. The number of halogens is 1. The van der Waals surface area contributed by atoms with Crippen LogP contribution >= 0.6 is 0 Å². The summed E-state index contributed by atoms with van der Waals surface area (Å²) < 4.78 is 18.9. The standard InChI is InChI=1S/C20H24FNO2/c1-5-19(24-18-11-13(2)10-14(3)12-18)20(23)22-15(4)16-6-8-17(21)9-7-16/h6-12,15,19H,5H2,1-4H3,(H,22,23)/t15-,19-/m0/s1. The first-order valence-corrected chi connectivity index (χ1v) is 8.20. The fourth-order valence-corrected chi connectivity index (χ4v) is 2.63. The third-order valence-corrected chi connectivity index (χ3v) is 3.87. The summed E-state index contributed by atoms with van der Waals surface area (Å²) in [5, 5.41) is 2.93. The average Bonchev–Trinajstić information content (AvgIpc) is 2.52. The van der Waals surface area contributed by atoms with Crippen molar-refractivity contribution in [2.24, 2.45) is 0 Å². The van der Waals surface area contributed by atoms with Crippen LogP contribution in [0.5, 0.6) is 5.75 Å². The van der Waals surface area contributed by atoms with Gasteiger partial charge in [0.2, 0.25) is 0 Å². The van der Waals surface area contributed by atoms with Crippen LogP contribution in [0.25, 0.3) is 0 Å². The smallest absolute Gasteiger partial charge is 0.261 e. The molecule has 24 heavy (non-hydrogen) atoms. The van der Waals surface area contributed by atoms with E-state index in [1.807, 2.05) is 39.8 Å². The van der Waals surface area contributed by atoms with Crippen LogP contribution in [0, 0.1) is 19.7 Å². The zero-order valence-corrected chi connectivity index (χ0v) is 14.6. The van der Waals surface area contributed by atoms with Crippen molar-refractivity contribution in [1.82, 2.24) is 5.32 Å². The van der Waals surface area contributed by atoms with E-state index in [0.717, 1.165) is 16.7 Å². The van der Waals surface area contributed by atoms with Gasteiger partial charge in [0, 0.05) is 0 Å². The Kier molecular flexibility index (Phi) is 5.96. The van der Waals surface area contributed by atoms with E-state index >= 15 is 0 Å². The molecular weight excluding hydrogens is 305 g/mol. The molecule has 0 radical (unpaired) electrons. The highest BCUT2D eigenvalue weighted by Gasteiger charge is 2.21. The van der Waals surface area contributed by atoms with Crippen molar-refractivity contribution in [1.29, 1.82) is 0 Å². The minimum Gasteiger partial charge on any atom is -0.481 e. The van der Waals surface area contributed by atoms with Gasteiger partial charge in [-0.3, -0.25) is 4.79 Å². The van der Waals surface area contributed by atoms with Crippen LogP contribution in [0.3, 0.4) is 0 Å². The van der Waals surface area contributed by atoms with E-state index < -0.39 is 6.10 Å². The summed E-state index contributed by atoms with van der Waals surface area (Å²) in [6.45, 7) is 7.78. The van der Waals surface area contributed by atoms with E-state index in [4.69, 9.17) is 4.74 Å². The molecule has 1 amide bonds. The van der Waals surface area contributed by atoms with Crippen molar-refractivity contribution in [3.8, 4) is 5.75 Å². The first-order valence-electron chi connectivity index (χ1n) is 8.20. The van der Waals surface area contributed by atoms with Gasteiger partial charge in [-0.05, 0) is 68.1 Å². The van der Waals surface area contributed by atoms with Crippen molar-refractivity contribution in [3.05, 3.63) is 65.0 Å². The second-order valence-electron chi connectivity index (χ2n) is 6.12. The molecule has 0 saturated heterocycles. The predicted molar refractivity (Wildman–Crippen MR) is 93.6 cm³/mol. The second kappa shape index (κ2) is 7.95. The molecule has 0 bridgehead atoms. The molecule has 1 N–H and O–H groups in total. The molecule has 2 aromatic carbocycles. The fraction of sp³-hybridized carbons (Fsp3) is 0.350. The van der Waals surface area contributed by atoms with Gasteiger partial charge in [-0.15, -0.1) is 0 Å². The summed E-state index contributed by atoms with van der Waals surface area (Å²) >= 11 is 0. The van der Waals surface area contributed by atoms with Gasteiger partial charge < -0.3 is 10.1 Å². The van der Waals surface area contributed by atoms with Crippen molar-refractivity contribution >= 4 is 5.91 Å². The number of nitrogens with one attached hydrogen (secondary N) is 1. The first kappa shape index (κ1) is 18.0. The Morgan fingerprint density at radius 3 is 2.25 bits per heavy atom. The molecule has 4 heteroatoms. The number of ether oxygens (including phenoxy) is 1. The van der Waals surface area contributed by atoms with E-state index in [-0.39, 0.29) is 17.8 Å². The summed E-state index contributed by atoms with van der Waals surface area (Å²) in [5.41, 5.74) is 3.05. The Morgan fingerprint density at radius 2 is 1.71 bits per heavy atom. The molecule has 0 saturated carbocycles. The Hall–Kier alpha value is -2.36. The molecule has 0 aliphatic heterocycles. The molecular formula is C20H24FNO2. The second-order valence-corrected chi connectivity index (χ2v) is 6.12. The Balaban J connectivity index is 2.04. The minimum atomic E-state index is -0.561. The number of hydrogen-bond acceptors (Lipinski definition) is 2. The van der Waals surface area contributed by atoms with Crippen LogP contribution in [0.15, 0.2) is 42.5 Å². The normalized spacial score (nSPS) is 13.2. The molecule has 0 unspecified atom stereocenters. The van der Waals surface area contributed by atoms with E-state index in [2.05, 4.69) is 11.4 Å². The van der Waals surface area contributed by atoms with Crippen molar-refractivity contribution in [2.45, 2.75) is 46.3 Å². The highest BCUT2D eigenvalue weighted by Crippen LogP contribution is 2.19. The first-order chi connectivity index (χ1) is 11.4. The van der Waals surface area contributed by atoms with Crippen LogP contribution in [0.2, 0.25) is 0 Å². The van der Waals surface area contributed by atoms with Gasteiger partial charge in [0.15, 0.2) is 6.10 Å². The lowest BCUT2D eigenvalue weighted by molar-refractivity contribution is -0.128. The largest absolute Gasteiger partial charge is 0.481 e. The number of benzene rings is 2. The van der Waals surface area contributed by atoms with Gasteiger partial charge in [0.1, 0.15) is 11.6 Å². The lowest BCUT2D eigenvalue weighted by Gasteiger charge is -2.21. The maximum atomic E-state index is 13.0. The summed E-state index contributed by atoms with van der Waals surface area (Å²) in [4.78, 5) is 12.5. The Labute approximate surface area is 142 Å². The number of amides is 1. The number of aryl methyl sites for hydroxylation is 2. The predicted octanol–water partition coefficient (Wildman–Crippen LogP) is 4.48. The molecule has 0 spiro atoms. The minimum absolute atomic E-state index is 0.173. The highest BCUT2D eigenvalue weighted by molar-refractivity contribution is 5.81. The third kappa shape index (κ3) is 4.82. The molecule has 128 valence electrons. The van der Waals surface area contributed by atoms with Crippen molar-refractivity contribution in [3.63, 3.8) is 0 Å². The monoisotopic (exact) mass is 329 g/mol. The van der Waals surface area contributed by atoms with E-state index in [0.29, 0.717) is 12.2 Å². The SMILES string of the molecule is CC[C@H](Oc1cc(C)cc(C)c1)C(=O)N[C@@H](C)c1ccc(F)cc1. The average molecular weight is 329 g/mol. The lowest BCUT2D eigenvalue weighted by Crippen LogP contribution is -2.39. The quantitative estimate of drug-likeness (QED) is 0.849. The summed E-state index contributed by atoms with van der Waals surface area (Å²) in [7, 11) is 0. The van der Waals surface area contributed by atoms with Gasteiger partial charge in [-0.1, -0.05) is 25.1 Å². The van der Waals surface area contributed by atoms with Gasteiger partial charge in [0.25, 0.3) is 5.91 Å². The maximum Gasteiger partial charge on any atom is 0.261 e. The Bertz CT molecular complexity index is 677. The Morgan fingerprint density at radius 1 is 1.12 bits per heavy atom. The van der Waals surface area contributed by atoms with Crippen LogP contribution in [-0.2, 0) is 4.79 Å². The highest BCUT2D eigenvalue weighted by atomic mass is 19.1. The summed E-state index contributed by atoms with van der Waals surface area (Å²) in [6.07, 6.45) is 0.00343.